The van der Waals surface area contributed by atoms with Gasteiger partial charge < -0.3 is 0 Å². The summed E-state index contributed by atoms with van der Waals surface area (Å²) in [5.41, 5.74) is 3.88. The maximum absolute atomic E-state index is 5.72. The minimum Gasteiger partial charge on any atom is -0.0843 e. The maximum atomic E-state index is 5.72. The molecule has 0 aliphatic heterocycles. The molecule has 0 fully saturated rings. The van der Waals surface area contributed by atoms with Gasteiger partial charge in [-0.25, -0.2) is 0 Å². The van der Waals surface area contributed by atoms with Gasteiger partial charge in [0, 0.05) is 15.1 Å². The maximum Gasteiger partial charge on any atom is 0.0408 e. The molecule has 0 N–H and O–H groups in total. The summed E-state index contributed by atoms with van der Waals surface area (Å²) in [6, 6.07) is 23.8. The summed E-state index contributed by atoms with van der Waals surface area (Å²) in [6.07, 6.45) is 3.17. The monoisotopic (exact) mass is 420 g/mol. The van der Waals surface area contributed by atoms with E-state index >= 15 is 0 Å². The van der Waals surface area contributed by atoms with Gasteiger partial charge in [0.25, 0.3) is 0 Å². The van der Waals surface area contributed by atoms with Gasteiger partial charge >= 0.3 is 0 Å². The lowest BCUT2D eigenvalue weighted by molar-refractivity contribution is 1.14. The summed E-state index contributed by atoms with van der Waals surface area (Å²) in [5, 5.41) is 2.48. The SMILES string of the molecule is CCc1cccc(Cl)c1.CCc1cccc(Cl)c1.CCc1cccc(Cl)c1. The van der Waals surface area contributed by atoms with Gasteiger partial charge in [-0.2, -0.15) is 0 Å². The largest absolute Gasteiger partial charge is 0.0843 e. The molecule has 27 heavy (non-hydrogen) atoms. The lowest BCUT2D eigenvalue weighted by Crippen LogP contribution is -1.76. The Balaban J connectivity index is 0.000000202. The van der Waals surface area contributed by atoms with Crippen molar-refractivity contribution in [1.29, 1.82) is 0 Å². The average molecular weight is 422 g/mol. The topological polar surface area (TPSA) is 0 Å². The van der Waals surface area contributed by atoms with Crippen LogP contribution in [-0.2, 0) is 19.3 Å². The molecular formula is C24H27Cl3. The van der Waals surface area contributed by atoms with Crippen LogP contribution in [0.2, 0.25) is 15.1 Å². The van der Waals surface area contributed by atoms with E-state index in [1.165, 1.54) is 16.7 Å². The highest BCUT2D eigenvalue weighted by Gasteiger charge is 1.89. The van der Waals surface area contributed by atoms with E-state index in [0.29, 0.717) is 0 Å². The van der Waals surface area contributed by atoms with Crippen LogP contribution >= 0.6 is 34.8 Å². The molecule has 0 saturated heterocycles. The number of hydrogen-bond acceptors (Lipinski definition) is 0. The van der Waals surface area contributed by atoms with Crippen LogP contribution in [0.4, 0.5) is 0 Å². The molecule has 0 amide bonds. The van der Waals surface area contributed by atoms with Gasteiger partial charge in [0.1, 0.15) is 0 Å². The first kappa shape index (κ1) is 23.6. The van der Waals surface area contributed by atoms with Crippen molar-refractivity contribution >= 4 is 34.8 Å². The first-order valence-electron chi connectivity index (χ1n) is 9.21. The standard InChI is InChI=1S/3C8H9Cl/c3*1-2-7-4-3-5-8(9)6-7/h3*3-6H,2H2,1H3. The Bertz CT molecular complexity index is 689. The van der Waals surface area contributed by atoms with Crippen LogP contribution in [0.25, 0.3) is 0 Å². The smallest absolute Gasteiger partial charge is 0.0408 e. The van der Waals surface area contributed by atoms with Crippen LogP contribution in [0.15, 0.2) is 72.8 Å². The van der Waals surface area contributed by atoms with Crippen LogP contribution in [0.1, 0.15) is 37.5 Å². The van der Waals surface area contributed by atoms with E-state index in [1.54, 1.807) is 0 Å². The number of halogens is 3. The lowest BCUT2D eigenvalue weighted by atomic mass is 10.2. The predicted octanol–water partition coefficient (Wildman–Crippen LogP) is 8.71. The summed E-state index contributed by atoms with van der Waals surface area (Å²) in [4.78, 5) is 0. The van der Waals surface area contributed by atoms with Gasteiger partial charge in [0.2, 0.25) is 0 Å². The summed E-state index contributed by atoms with van der Waals surface area (Å²) in [5.74, 6) is 0. The molecule has 3 heteroatoms. The molecule has 0 bridgehead atoms. The van der Waals surface area contributed by atoms with Crippen molar-refractivity contribution in [3.05, 3.63) is 105 Å². The number of benzene rings is 3. The first-order valence-corrected chi connectivity index (χ1v) is 10.3. The minimum absolute atomic E-state index is 0.828. The zero-order valence-corrected chi connectivity index (χ0v) is 18.5. The average Bonchev–Trinajstić information content (AvgIpc) is 2.69. The number of aryl methyl sites for hydroxylation is 3. The molecular weight excluding hydrogens is 395 g/mol. The van der Waals surface area contributed by atoms with Crippen molar-refractivity contribution < 1.29 is 0 Å². The molecule has 144 valence electrons. The Hall–Kier alpha value is -1.47. The van der Waals surface area contributed by atoms with Crippen molar-refractivity contribution in [3.63, 3.8) is 0 Å². The highest BCUT2D eigenvalue weighted by molar-refractivity contribution is 6.31. The fourth-order valence-electron chi connectivity index (χ4n) is 2.27. The number of rotatable bonds is 3. The fraction of sp³-hybridized carbons (Fsp3) is 0.250. The predicted molar refractivity (Wildman–Crippen MR) is 122 cm³/mol. The molecule has 0 aliphatic rings. The fourth-order valence-corrected chi connectivity index (χ4v) is 2.91. The Kier molecular flexibility index (Phi) is 11.9. The summed E-state index contributed by atoms with van der Waals surface area (Å²) >= 11 is 17.2. The molecule has 3 rings (SSSR count). The molecule has 0 radical (unpaired) electrons. The molecule has 0 aliphatic carbocycles. The summed E-state index contributed by atoms with van der Waals surface area (Å²) in [7, 11) is 0. The van der Waals surface area contributed by atoms with E-state index < -0.39 is 0 Å². The second kappa shape index (κ2) is 13.7. The second-order valence-electron chi connectivity index (χ2n) is 5.95. The molecule has 0 unspecified atom stereocenters. The highest BCUT2D eigenvalue weighted by Crippen LogP contribution is 2.11. The van der Waals surface area contributed by atoms with E-state index in [9.17, 15) is 0 Å². The molecule has 0 heterocycles. The third-order valence-electron chi connectivity index (χ3n) is 3.89. The van der Waals surface area contributed by atoms with Crippen LogP contribution in [0.5, 0.6) is 0 Å². The van der Waals surface area contributed by atoms with Crippen molar-refractivity contribution in [2.75, 3.05) is 0 Å². The molecule has 0 atom stereocenters. The Morgan fingerprint density at radius 1 is 0.481 bits per heavy atom. The van der Waals surface area contributed by atoms with Crippen LogP contribution in [0.3, 0.4) is 0 Å². The normalized spacial score (nSPS) is 9.56. The Morgan fingerprint density at radius 2 is 0.741 bits per heavy atom. The lowest BCUT2D eigenvalue weighted by Gasteiger charge is -1.93. The highest BCUT2D eigenvalue weighted by atomic mass is 35.5. The summed E-state index contributed by atoms with van der Waals surface area (Å²) < 4.78 is 0. The zero-order chi connectivity index (χ0) is 20.1. The van der Waals surface area contributed by atoms with Gasteiger partial charge in [0.15, 0.2) is 0 Å². The van der Waals surface area contributed by atoms with Crippen molar-refractivity contribution in [2.45, 2.75) is 40.0 Å². The van der Waals surface area contributed by atoms with E-state index in [1.807, 2.05) is 54.6 Å². The van der Waals surface area contributed by atoms with Crippen molar-refractivity contribution in [2.24, 2.45) is 0 Å². The molecule has 3 aromatic rings. The van der Waals surface area contributed by atoms with Crippen molar-refractivity contribution in [3.8, 4) is 0 Å². The first-order chi connectivity index (χ1) is 13.0. The molecule has 0 nitrogen and oxygen atoms in total. The van der Waals surface area contributed by atoms with Crippen LogP contribution in [-0.4, -0.2) is 0 Å². The molecule has 0 saturated carbocycles. The van der Waals surface area contributed by atoms with E-state index in [2.05, 4.69) is 39.0 Å². The van der Waals surface area contributed by atoms with Gasteiger partial charge in [-0.3, -0.25) is 0 Å². The van der Waals surface area contributed by atoms with Gasteiger partial charge in [0.05, 0.1) is 0 Å². The van der Waals surface area contributed by atoms with E-state index in [4.69, 9.17) is 34.8 Å². The second-order valence-corrected chi connectivity index (χ2v) is 7.26. The molecule has 0 aromatic heterocycles. The quantitative estimate of drug-likeness (QED) is 0.396. The zero-order valence-electron chi connectivity index (χ0n) is 16.2. The molecule has 3 aromatic carbocycles. The van der Waals surface area contributed by atoms with Gasteiger partial charge in [-0.15, -0.1) is 0 Å². The Labute approximate surface area is 179 Å². The van der Waals surface area contributed by atoms with Crippen LogP contribution < -0.4 is 0 Å². The molecule has 0 spiro atoms. The van der Waals surface area contributed by atoms with Crippen molar-refractivity contribution in [1.82, 2.24) is 0 Å². The van der Waals surface area contributed by atoms with Gasteiger partial charge in [-0.05, 0) is 72.4 Å². The Morgan fingerprint density at radius 3 is 0.889 bits per heavy atom. The van der Waals surface area contributed by atoms with E-state index in [-0.39, 0.29) is 0 Å². The summed E-state index contributed by atoms with van der Waals surface area (Å²) in [6.45, 7) is 6.35. The minimum atomic E-state index is 0.828. The van der Waals surface area contributed by atoms with Crippen LogP contribution in [0, 0.1) is 0 Å². The van der Waals surface area contributed by atoms with Gasteiger partial charge in [-0.1, -0.05) is 92.0 Å². The third kappa shape index (κ3) is 10.4. The number of hydrogen-bond donors (Lipinski definition) is 0. The third-order valence-corrected chi connectivity index (χ3v) is 4.60. The van der Waals surface area contributed by atoms with E-state index in [0.717, 1.165) is 34.3 Å².